The molecule has 0 saturated carbocycles. The van der Waals surface area contributed by atoms with E-state index in [0.29, 0.717) is 25.9 Å². The van der Waals surface area contributed by atoms with Crippen LogP contribution < -0.4 is 10.2 Å². The zero-order valence-electron chi connectivity index (χ0n) is 14.6. The molecule has 132 valence electrons. The number of carbonyl (C=O) groups excluding carboxylic acids is 2. The van der Waals surface area contributed by atoms with Gasteiger partial charge in [-0.15, -0.1) is 11.3 Å². The molecule has 1 aliphatic heterocycles. The number of thiophene rings is 1. The van der Waals surface area contributed by atoms with E-state index in [-0.39, 0.29) is 17.7 Å². The molecule has 0 aliphatic carbocycles. The summed E-state index contributed by atoms with van der Waals surface area (Å²) in [7, 11) is 3.97. The second-order valence-corrected chi connectivity index (χ2v) is 7.42. The van der Waals surface area contributed by atoms with Gasteiger partial charge in [-0.05, 0) is 48.6 Å². The minimum Gasteiger partial charge on any atom is -0.378 e. The van der Waals surface area contributed by atoms with Crippen LogP contribution in [0.25, 0.3) is 0 Å². The van der Waals surface area contributed by atoms with Gasteiger partial charge in [-0.3, -0.25) is 9.59 Å². The monoisotopic (exact) mass is 357 g/mol. The zero-order valence-corrected chi connectivity index (χ0v) is 15.4. The van der Waals surface area contributed by atoms with E-state index in [4.69, 9.17) is 0 Å². The van der Waals surface area contributed by atoms with Crippen molar-refractivity contribution in [2.75, 3.05) is 37.4 Å². The first kappa shape index (κ1) is 17.5. The quantitative estimate of drug-likeness (QED) is 0.913. The molecular formula is C19H23N3O2S. The first-order chi connectivity index (χ1) is 12.0. The molecule has 2 heterocycles. The van der Waals surface area contributed by atoms with Crippen LogP contribution in [0.5, 0.6) is 0 Å². The molecule has 1 fully saturated rings. The van der Waals surface area contributed by atoms with Gasteiger partial charge in [0.25, 0.3) is 5.91 Å². The third-order valence-electron chi connectivity index (χ3n) is 4.54. The number of piperidine rings is 1. The van der Waals surface area contributed by atoms with Crippen molar-refractivity contribution in [3.05, 3.63) is 46.7 Å². The lowest BCUT2D eigenvalue weighted by Gasteiger charge is -2.31. The maximum atomic E-state index is 12.5. The molecule has 25 heavy (non-hydrogen) atoms. The van der Waals surface area contributed by atoms with Gasteiger partial charge in [0, 0.05) is 44.5 Å². The lowest BCUT2D eigenvalue weighted by molar-refractivity contribution is -0.121. The molecule has 5 nitrogen and oxygen atoms in total. The average molecular weight is 357 g/mol. The molecule has 0 bridgehead atoms. The second-order valence-electron chi connectivity index (χ2n) is 6.47. The van der Waals surface area contributed by atoms with Gasteiger partial charge in [0.2, 0.25) is 5.91 Å². The molecule has 0 radical (unpaired) electrons. The Balaban J connectivity index is 1.52. The van der Waals surface area contributed by atoms with Crippen molar-refractivity contribution in [2.24, 2.45) is 5.92 Å². The Morgan fingerprint density at radius 2 is 1.80 bits per heavy atom. The van der Waals surface area contributed by atoms with Gasteiger partial charge in [-0.25, -0.2) is 0 Å². The standard InChI is InChI=1S/C19H23N3O2S/c1-21(2)16-7-5-15(6-8-16)20-18(23)14-9-11-22(12-10-14)19(24)17-4-3-13-25-17/h3-8,13-14H,9-12H2,1-2H3,(H,20,23). The van der Waals surface area contributed by atoms with Crippen molar-refractivity contribution >= 4 is 34.5 Å². The van der Waals surface area contributed by atoms with E-state index in [1.54, 1.807) is 0 Å². The van der Waals surface area contributed by atoms with Crippen molar-refractivity contribution in [2.45, 2.75) is 12.8 Å². The topological polar surface area (TPSA) is 52.7 Å². The van der Waals surface area contributed by atoms with Crippen LogP contribution in [-0.2, 0) is 4.79 Å². The van der Waals surface area contributed by atoms with Crippen LogP contribution in [0.15, 0.2) is 41.8 Å². The number of nitrogens with zero attached hydrogens (tertiary/aromatic N) is 2. The summed E-state index contributed by atoms with van der Waals surface area (Å²) in [5.41, 5.74) is 1.91. The van der Waals surface area contributed by atoms with Gasteiger partial charge in [-0.2, -0.15) is 0 Å². The summed E-state index contributed by atoms with van der Waals surface area (Å²) in [6.07, 6.45) is 1.41. The SMILES string of the molecule is CN(C)c1ccc(NC(=O)C2CCN(C(=O)c3cccs3)CC2)cc1. The summed E-state index contributed by atoms with van der Waals surface area (Å²) in [6.45, 7) is 1.27. The number of carbonyl (C=O) groups is 2. The average Bonchev–Trinajstić information content (AvgIpc) is 3.16. The molecule has 1 N–H and O–H groups in total. The van der Waals surface area contributed by atoms with Crippen molar-refractivity contribution in [3.63, 3.8) is 0 Å². The fraction of sp³-hybridized carbons (Fsp3) is 0.368. The van der Waals surface area contributed by atoms with Crippen LogP contribution >= 0.6 is 11.3 Å². The molecule has 1 aliphatic rings. The minimum atomic E-state index is -0.0408. The minimum absolute atomic E-state index is 0.0408. The molecule has 1 aromatic heterocycles. The fourth-order valence-corrected chi connectivity index (χ4v) is 3.68. The number of benzene rings is 1. The predicted molar refractivity (Wildman–Crippen MR) is 102 cm³/mol. The highest BCUT2D eigenvalue weighted by Crippen LogP contribution is 2.23. The lowest BCUT2D eigenvalue weighted by atomic mass is 9.95. The summed E-state index contributed by atoms with van der Waals surface area (Å²) < 4.78 is 0. The van der Waals surface area contributed by atoms with E-state index < -0.39 is 0 Å². The van der Waals surface area contributed by atoms with Crippen LogP contribution in [0.3, 0.4) is 0 Å². The Bertz CT molecular complexity index is 718. The van der Waals surface area contributed by atoms with Gasteiger partial charge in [-0.1, -0.05) is 6.07 Å². The van der Waals surface area contributed by atoms with Gasteiger partial charge in [0.1, 0.15) is 0 Å². The second kappa shape index (κ2) is 7.70. The Morgan fingerprint density at radius 1 is 1.12 bits per heavy atom. The van der Waals surface area contributed by atoms with Gasteiger partial charge < -0.3 is 15.1 Å². The number of likely N-dealkylation sites (tertiary alicyclic amines) is 1. The van der Waals surface area contributed by atoms with E-state index in [1.165, 1.54) is 11.3 Å². The number of nitrogens with one attached hydrogen (secondary N) is 1. The Morgan fingerprint density at radius 3 is 2.36 bits per heavy atom. The van der Waals surface area contributed by atoms with Gasteiger partial charge in [0.15, 0.2) is 0 Å². The van der Waals surface area contributed by atoms with Gasteiger partial charge >= 0.3 is 0 Å². The van der Waals surface area contributed by atoms with Crippen molar-refractivity contribution < 1.29 is 9.59 Å². The molecule has 0 spiro atoms. The molecule has 3 rings (SSSR count). The molecule has 2 amide bonds. The van der Waals surface area contributed by atoms with E-state index in [2.05, 4.69) is 5.32 Å². The van der Waals surface area contributed by atoms with E-state index >= 15 is 0 Å². The molecule has 6 heteroatoms. The number of amides is 2. The fourth-order valence-electron chi connectivity index (χ4n) is 2.99. The summed E-state index contributed by atoms with van der Waals surface area (Å²) in [6, 6.07) is 11.5. The summed E-state index contributed by atoms with van der Waals surface area (Å²) in [4.78, 5) is 29.5. The smallest absolute Gasteiger partial charge is 0.263 e. The van der Waals surface area contributed by atoms with Crippen LogP contribution in [-0.4, -0.2) is 43.9 Å². The lowest BCUT2D eigenvalue weighted by Crippen LogP contribution is -2.41. The Kier molecular flexibility index (Phi) is 5.38. The molecule has 1 saturated heterocycles. The first-order valence-electron chi connectivity index (χ1n) is 8.45. The highest BCUT2D eigenvalue weighted by Gasteiger charge is 2.28. The van der Waals surface area contributed by atoms with Crippen LogP contribution in [0.4, 0.5) is 11.4 Å². The number of hydrogen-bond acceptors (Lipinski definition) is 4. The summed E-state index contributed by atoms with van der Waals surface area (Å²) in [5, 5.41) is 4.90. The van der Waals surface area contributed by atoms with Crippen molar-refractivity contribution in [1.82, 2.24) is 4.90 Å². The third kappa shape index (κ3) is 4.20. The third-order valence-corrected chi connectivity index (χ3v) is 5.39. The normalized spacial score (nSPS) is 15.0. The first-order valence-corrected chi connectivity index (χ1v) is 9.33. The molecule has 0 unspecified atom stereocenters. The highest BCUT2D eigenvalue weighted by atomic mass is 32.1. The molecule has 0 atom stereocenters. The largest absolute Gasteiger partial charge is 0.378 e. The van der Waals surface area contributed by atoms with Gasteiger partial charge in [0.05, 0.1) is 4.88 Å². The van der Waals surface area contributed by atoms with Crippen molar-refractivity contribution in [1.29, 1.82) is 0 Å². The summed E-state index contributed by atoms with van der Waals surface area (Å²) >= 11 is 1.46. The van der Waals surface area contributed by atoms with Crippen LogP contribution in [0, 0.1) is 5.92 Å². The summed E-state index contributed by atoms with van der Waals surface area (Å²) in [5.74, 6) is 0.0786. The Labute approximate surface area is 152 Å². The molecule has 2 aromatic rings. The maximum Gasteiger partial charge on any atom is 0.263 e. The zero-order chi connectivity index (χ0) is 17.8. The maximum absolute atomic E-state index is 12.5. The van der Waals surface area contributed by atoms with Crippen LogP contribution in [0.2, 0.25) is 0 Å². The molecular weight excluding hydrogens is 334 g/mol. The van der Waals surface area contributed by atoms with E-state index in [0.717, 1.165) is 16.3 Å². The number of rotatable bonds is 4. The van der Waals surface area contributed by atoms with E-state index in [9.17, 15) is 9.59 Å². The highest BCUT2D eigenvalue weighted by molar-refractivity contribution is 7.12. The van der Waals surface area contributed by atoms with E-state index in [1.807, 2.05) is 65.7 Å². The number of hydrogen-bond donors (Lipinski definition) is 1. The number of anilines is 2. The molecule has 1 aromatic carbocycles. The van der Waals surface area contributed by atoms with Crippen LogP contribution in [0.1, 0.15) is 22.5 Å². The Hall–Kier alpha value is -2.34. The van der Waals surface area contributed by atoms with Crippen molar-refractivity contribution in [3.8, 4) is 0 Å². The predicted octanol–water partition coefficient (Wildman–Crippen LogP) is 3.31.